The summed E-state index contributed by atoms with van der Waals surface area (Å²) in [6, 6.07) is 10.2. The van der Waals surface area contributed by atoms with Crippen LogP contribution in [0.3, 0.4) is 0 Å². The van der Waals surface area contributed by atoms with E-state index in [0.29, 0.717) is 15.8 Å². The van der Waals surface area contributed by atoms with Gasteiger partial charge in [0.2, 0.25) is 5.91 Å². The number of aromatic nitrogens is 1. The highest BCUT2D eigenvalue weighted by atomic mass is 35.5. The van der Waals surface area contributed by atoms with Crippen LogP contribution in [0.5, 0.6) is 0 Å². The van der Waals surface area contributed by atoms with Crippen molar-refractivity contribution in [3.05, 3.63) is 47.0 Å². The maximum absolute atomic E-state index is 12.3. The summed E-state index contributed by atoms with van der Waals surface area (Å²) in [6.07, 6.45) is 0.0934. The Morgan fingerprint density at radius 1 is 1.38 bits per heavy atom. The molecule has 2 atom stereocenters. The number of nitrogens with zero attached hydrogens (tertiary/aromatic N) is 2. The van der Waals surface area contributed by atoms with Gasteiger partial charge in [-0.25, -0.2) is 9.78 Å². The number of hydrogen-bond acceptors (Lipinski definition) is 8. The lowest BCUT2D eigenvalue weighted by Gasteiger charge is -2.42. The van der Waals surface area contributed by atoms with Crippen molar-refractivity contribution in [2.45, 2.75) is 24.7 Å². The van der Waals surface area contributed by atoms with Crippen molar-refractivity contribution in [1.82, 2.24) is 4.98 Å². The monoisotopic (exact) mass is 475 g/mol. The number of anilines is 3. The molecule has 2 aromatic carbocycles. The number of benzene rings is 2. The van der Waals surface area contributed by atoms with Crippen LogP contribution < -0.4 is 21.3 Å². The Kier molecular flexibility index (Phi) is 5.40. The first kappa shape index (κ1) is 22.1. The normalized spacial score (nSPS) is 19.3. The number of carbonyl (C=O) groups is 2. The number of halogens is 1. The Morgan fingerprint density at radius 3 is 2.78 bits per heavy atom. The summed E-state index contributed by atoms with van der Waals surface area (Å²) >= 11 is 7.52. The van der Waals surface area contributed by atoms with Gasteiger partial charge in [-0.3, -0.25) is 4.79 Å². The quantitative estimate of drug-likeness (QED) is 0.408. The molecule has 0 saturated carbocycles. The molecule has 1 aromatic heterocycles. The predicted octanol–water partition coefficient (Wildman–Crippen LogP) is 3.56. The van der Waals surface area contributed by atoms with E-state index in [0.717, 1.165) is 15.9 Å². The Balaban J connectivity index is 1.79. The third kappa shape index (κ3) is 3.70. The number of methoxy groups -OCH3 is 1. The van der Waals surface area contributed by atoms with Crippen LogP contribution in [0.25, 0.3) is 10.2 Å². The van der Waals surface area contributed by atoms with Crippen molar-refractivity contribution < 1.29 is 19.4 Å². The van der Waals surface area contributed by atoms with E-state index in [4.69, 9.17) is 22.1 Å². The van der Waals surface area contributed by atoms with E-state index in [-0.39, 0.29) is 12.0 Å². The number of nitrogens with one attached hydrogen (secondary N) is 2. The number of carboxylic acid groups (broad SMARTS) is 1. The number of carboxylic acids is 1. The van der Waals surface area contributed by atoms with E-state index in [9.17, 15) is 14.7 Å². The number of ether oxygens (including phenoxy) is 1. The Hall–Kier alpha value is -3.08. The zero-order valence-electron chi connectivity index (χ0n) is 17.6. The number of fused-ring (bicyclic) bond motifs is 2. The SMILES string of the molecule is COC(C)(CC1(Nc2nc3ccc(Cl)cc3s2)Nc2cc(C(=O)O)ccc2N1C)C(N)=O. The summed E-state index contributed by atoms with van der Waals surface area (Å²) in [7, 11) is 3.25. The highest BCUT2D eigenvalue weighted by Gasteiger charge is 2.49. The summed E-state index contributed by atoms with van der Waals surface area (Å²) in [5.74, 6) is -2.75. The molecule has 0 fully saturated rings. The fraction of sp³-hybridized carbons (Fsp3) is 0.286. The molecule has 1 aliphatic heterocycles. The molecule has 32 heavy (non-hydrogen) atoms. The average molecular weight is 476 g/mol. The standard InChI is InChI=1S/C21H22ClN5O4S/c1-20(31-3,18(23)30)10-21(26-19-24-13-6-5-12(22)9-16(13)32-19)25-14-8-11(17(28)29)4-7-15(14)27(21)2/h4-9,25H,10H2,1-3H3,(H2,23,30)(H,24,26)(H,28,29). The number of thiazole rings is 1. The molecule has 0 bridgehead atoms. The Labute approximate surface area is 193 Å². The number of carbonyl (C=O) groups excluding carboxylic acids is 1. The molecule has 1 amide bonds. The van der Waals surface area contributed by atoms with Crippen LogP contribution in [0, 0.1) is 0 Å². The van der Waals surface area contributed by atoms with E-state index >= 15 is 0 Å². The van der Waals surface area contributed by atoms with Gasteiger partial charge in [0.25, 0.3) is 0 Å². The summed E-state index contributed by atoms with van der Waals surface area (Å²) < 4.78 is 6.39. The van der Waals surface area contributed by atoms with Crippen molar-refractivity contribution in [1.29, 1.82) is 0 Å². The second-order valence-electron chi connectivity index (χ2n) is 7.81. The number of rotatable bonds is 7. The van der Waals surface area contributed by atoms with E-state index in [1.807, 2.05) is 24.1 Å². The molecular formula is C21H22ClN5O4S. The van der Waals surface area contributed by atoms with Crippen molar-refractivity contribution in [2.75, 3.05) is 29.7 Å². The number of amides is 1. The lowest BCUT2D eigenvalue weighted by atomic mass is 9.95. The van der Waals surface area contributed by atoms with Gasteiger partial charge >= 0.3 is 5.97 Å². The van der Waals surface area contributed by atoms with Gasteiger partial charge in [0.15, 0.2) is 10.9 Å². The molecule has 0 spiro atoms. The van der Waals surface area contributed by atoms with Gasteiger partial charge in [0.1, 0.15) is 5.60 Å². The first-order valence-corrected chi connectivity index (χ1v) is 10.8. The van der Waals surface area contributed by atoms with Crippen LogP contribution in [0.15, 0.2) is 36.4 Å². The lowest BCUT2D eigenvalue weighted by Crippen LogP contribution is -2.61. The molecular weight excluding hydrogens is 454 g/mol. The topological polar surface area (TPSA) is 130 Å². The third-order valence-electron chi connectivity index (χ3n) is 5.75. The first-order chi connectivity index (χ1) is 15.1. The summed E-state index contributed by atoms with van der Waals surface area (Å²) in [5.41, 5.74) is 6.58. The number of hydrogen-bond donors (Lipinski definition) is 4. The molecule has 168 valence electrons. The van der Waals surface area contributed by atoms with Crippen LogP contribution in [-0.4, -0.2) is 47.5 Å². The summed E-state index contributed by atoms with van der Waals surface area (Å²) in [5, 5.41) is 17.3. The maximum atomic E-state index is 12.3. The molecule has 1 aliphatic rings. The van der Waals surface area contributed by atoms with E-state index in [1.165, 1.54) is 24.5 Å². The minimum absolute atomic E-state index is 0.0934. The third-order valence-corrected chi connectivity index (χ3v) is 6.92. The molecule has 2 heterocycles. The molecule has 4 rings (SSSR count). The number of primary amides is 1. The number of nitrogens with two attached hydrogens (primary N) is 1. The summed E-state index contributed by atoms with van der Waals surface area (Å²) in [4.78, 5) is 30.2. The molecule has 0 saturated heterocycles. The van der Waals surface area contributed by atoms with E-state index < -0.39 is 23.3 Å². The van der Waals surface area contributed by atoms with Gasteiger partial charge in [-0.05, 0) is 43.3 Å². The van der Waals surface area contributed by atoms with Crippen LogP contribution >= 0.6 is 22.9 Å². The number of aromatic carboxylic acids is 1. The molecule has 11 heteroatoms. The van der Waals surface area contributed by atoms with Crippen molar-refractivity contribution in [2.24, 2.45) is 5.73 Å². The van der Waals surface area contributed by atoms with Crippen LogP contribution in [0.2, 0.25) is 5.02 Å². The van der Waals surface area contributed by atoms with Gasteiger partial charge in [-0.1, -0.05) is 22.9 Å². The fourth-order valence-corrected chi connectivity index (χ4v) is 4.99. The second-order valence-corrected chi connectivity index (χ2v) is 9.28. The Morgan fingerprint density at radius 2 is 2.12 bits per heavy atom. The zero-order chi connectivity index (χ0) is 23.3. The zero-order valence-corrected chi connectivity index (χ0v) is 19.2. The molecule has 5 N–H and O–H groups in total. The molecule has 2 unspecified atom stereocenters. The van der Waals surface area contributed by atoms with Crippen LogP contribution in [0.1, 0.15) is 23.7 Å². The first-order valence-electron chi connectivity index (χ1n) is 9.65. The van der Waals surface area contributed by atoms with Gasteiger partial charge < -0.3 is 31.1 Å². The second kappa shape index (κ2) is 7.80. The van der Waals surface area contributed by atoms with Gasteiger partial charge in [0, 0.05) is 25.6 Å². The van der Waals surface area contributed by atoms with Crippen molar-refractivity contribution in [3.63, 3.8) is 0 Å². The highest BCUT2D eigenvalue weighted by molar-refractivity contribution is 7.22. The van der Waals surface area contributed by atoms with Crippen LogP contribution in [0.4, 0.5) is 16.5 Å². The Bertz CT molecular complexity index is 1230. The van der Waals surface area contributed by atoms with Crippen LogP contribution in [-0.2, 0) is 9.53 Å². The lowest BCUT2D eigenvalue weighted by molar-refractivity contribution is -0.139. The van der Waals surface area contributed by atoms with Gasteiger partial charge in [0.05, 0.1) is 27.2 Å². The average Bonchev–Trinajstić information content (AvgIpc) is 3.24. The highest BCUT2D eigenvalue weighted by Crippen LogP contribution is 2.44. The predicted molar refractivity (Wildman–Crippen MR) is 126 cm³/mol. The molecule has 9 nitrogen and oxygen atoms in total. The minimum Gasteiger partial charge on any atom is -0.478 e. The fourth-order valence-electron chi connectivity index (χ4n) is 3.77. The van der Waals surface area contributed by atoms with E-state index in [1.54, 1.807) is 25.1 Å². The minimum atomic E-state index is -1.33. The maximum Gasteiger partial charge on any atom is 0.335 e. The molecule has 0 radical (unpaired) electrons. The van der Waals surface area contributed by atoms with E-state index in [2.05, 4.69) is 15.6 Å². The summed E-state index contributed by atoms with van der Waals surface area (Å²) in [6.45, 7) is 1.61. The van der Waals surface area contributed by atoms with Gasteiger partial charge in [-0.15, -0.1) is 0 Å². The largest absolute Gasteiger partial charge is 0.478 e. The van der Waals surface area contributed by atoms with Gasteiger partial charge in [-0.2, -0.15) is 0 Å². The van der Waals surface area contributed by atoms with Crippen molar-refractivity contribution >= 4 is 61.5 Å². The molecule has 3 aromatic rings. The molecule has 0 aliphatic carbocycles. The smallest absolute Gasteiger partial charge is 0.335 e. The van der Waals surface area contributed by atoms with Crippen molar-refractivity contribution in [3.8, 4) is 0 Å².